The zero-order chi connectivity index (χ0) is 73.8. The van der Waals surface area contributed by atoms with Crippen molar-refractivity contribution >= 4 is 85.9 Å². The number of aromatic amines is 2. The van der Waals surface area contributed by atoms with Crippen molar-refractivity contribution in [3.05, 3.63) is 321 Å². The van der Waals surface area contributed by atoms with Gasteiger partial charge in [-0.25, -0.2) is 9.59 Å². The molecular formula is C85H83N13O8. The predicted octanol–water partition coefficient (Wildman–Crippen LogP) is 15.1. The number of nitrogens with zero attached hydrogens (tertiary/aromatic N) is 2. The van der Waals surface area contributed by atoms with Crippen LogP contribution in [0.3, 0.4) is 0 Å². The van der Waals surface area contributed by atoms with Crippen molar-refractivity contribution in [3.63, 3.8) is 0 Å². The molecule has 1 aromatic heterocycles. The number of hydrogen-bond acceptors (Lipinski definition) is 16. The molecule has 11 aromatic rings. The summed E-state index contributed by atoms with van der Waals surface area (Å²) in [6, 6.07) is 67.3. The summed E-state index contributed by atoms with van der Waals surface area (Å²) in [7, 11) is 3.00. The number of aryl methyl sites for hydroxylation is 2. The Hall–Kier alpha value is -13.3. The minimum Gasteiger partial charge on any atom is -0.489 e. The van der Waals surface area contributed by atoms with Gasteiger partial charge in [-0.15, -0.1) is 0 Å². The summed E-state index contributed by atoms with van der Waals surface area (Å²) in [6.45, 7) is 18.4. The minimum absolute atomic E-state index is 0.00270. The Kier molecular flexibility index (Phi) is 21.7. The number of allylic oxidation sites excluding steroid dienone is 1. The first-order valence-electron chi connectivity index (χ1n) is 34.9. The number of nitrogens with two attached hydrogens (primary N) is 1. The van der Waals surface area contributed by atoms with E-state index in [-0.39, 0.29) is 29.4 Å². The molecule has 0 spiro atoms. The van der Waals surface area contributed by atoms with Crippen molar-refractivity contribution in [1.29, 1.82) is 0 Å². The maximum Gasteiger partial charge on any atom is 0.337 e. The van der Waals surface area contributed by atoms with E-state index >= 15 is 0 Å². The van der Waals surface area contributed by atoms with Crippen molar-refractivity contribution in [2.75, 3.05) is 68.6 Å². The summed E-state index contributed by atoms with van der Waals surface area (Å²) in [5.74, 6) is 3.27. The summed E-state index contributed by atoms with van der Waals surface area (Å²) in [4.78, 5) is 67.0. The Bertz CT molecular complexity index is 5220. The Morgan fingerprint density at radius 1 is 0.519 bits per heavy atom. The Morgan fingerprint density at radius 3 is 1.91 bits per heavy atom. The van der Waals surface area contributed by atoms with Gasteiger partial charge < -0.3 is 77.3 Å². The molecule has 17 rings (SSSR count). The number of ether oxygens (including phenoxy) is 3. The number of rotatable bonds is 15. The van der Waals surface area contributed by atoms with E-state index in [4.69, 9.17) is 19.9 Å². The van der Waals surface area contributed by atoms with Crippen LogP contribution in [-0.2, 0) is 79.2 Å². The molecule has 21 nitrogen and oxygen atoms in total. The highest BCUT2D eigenvalue weighted by Gasteiger charge is 2.24. The van der Waals surface area contributed by atoms with E-state index in [0.717, 1.165) is 143 Å². The highest BCUT2D eigenvalue weighted by atomic mass is 16.5. The zero-order valence-corrected chi connectivity index (χ0v) is 59.3. The topological polar surface area (TPSA) is 273 Å². The van der Waals surface area contributed by atoms with Crippen molar-refractivity contribution in [3.8, 4) is 17.2 Å². The van der Waals surface area contributed by atoms with Gasteiger partial charge in [0.15, 0.2) is 0 Å². The van der Waals surface area contributed by atoms with Crippen LogP contribution in [-0.4, -0.2) is 59.3 Å². The predicted molar refractivity (Wildman–Crippen MR) is 421 cm³/mol. The van der Waals surface area contributed by atoms with Crippen LogP contribution in [0.15, 0.2) is 248 Å². The van der Waals surface area contributed by atoms with E-state index in [1.807, 2.05) is 115 Å². The van der Waals surface area contributed by atoms with E-state index < -0.39 is 0 Å². The molecule has 10 aromatic carbocycles. The number of benzene rings is 10. The van der Waals surface area contributed by atoms with Gasteiger partial charge in [0.25, 0.3) is 5.91 Å². The summed E-state index contributed by atoms with van der Waals surface area (Å²) >= 11 is 0. The lowest BCUT2D eigenvalue weighted by molar-refractivity contribution is -0.115. The molecule has 0 radical (unpaired) electrons. The standard InChI is InChI=1S/C19H19N3O2.C18H19N3.C17H17N3O2.C16H14N2O3.C15H14N2O/c1-12-20-17-6-3-13(7-18(17)21-12)9-22-10-15-5-4-14(19(23)24-2)8-16(15)11-22;1-12-8-15-9-13(2-4-17(15)20-12)11-21-7-6-14-10-16(19)3-5-18(14)21;1-11(21)18-14-7-4-12(5-8-14)2-3-13-6-9-15-16(10-13)20-17(22)19-15;1-17-16(20)10-2-4-12(5-3-10)21-13-6-7-14-11(8-13)9-15(19)18-14;1-11-16-14-8-7-13(9-15(14)17-11)18-10-12-5-3-2-4-6-12/h3-8,20-21H,1,9-11H2,2H3;2-5,9-10,20H,1,6-8,11,19H2;4-10H,2-3H2,1H3,(H,18,21)(H2,19,20,22);2-8H,9H2,1H3,(H,17,20)(H,18,19);2-9,16-17H,1,10H2. The number of amides is 3. The summed E-state index contributed by atoms with van der Waals surface area (Å²) < 4.78 is 16.3. The molecule has 12 N–H and O–H groups in total. The normalized spacial score (nSPS) is 13.5. The number of H-pyrrole nitrogens is 2. The molecule has 0 saturated carbocycles. The van der Waals surface area contributed by atoms with Gasteiger partial charge in [0.05, 0.1) is 52.9 Å². The number of methoxy groups -OCH3 is 1. The molecule has 106 heavy (non-hydrogen) atoms. The van der Waals surface area contributed by atoms with Crippen LogP contribution in [0, 0.1) is 0 Å². The second-order valence-corrected chi connectivity index (χ2v) is 26.5. The van der Waals surface area contributed by atoms with Gasteiger partial charge >= 0.3 is 11.7 Å². The number of hydrogen-bond donors (Lipinski definition) is 11. The Morgan fingerprint density at radius 2 is 1.15 bits per heavy atom. The van der Waals surface area contributed by atoms with Crippen LogP contribution in [0.25, 0.3) is 11.0 Å². The highest BCUT2D eigenvalue weighted by molar-refractivity contribution is 5.99. The molecule has 21 heteroatoms. The summed E-state index contributed by atoms with van der Waals surface area (Å²) in [5, 5.41) is 24.1. The fourth-order valence-corrected chi connectivity index (χ4v) is 13.3. The first-order valence-corrected chi connectivity index (χ1v) is 34.9. The molecule has 3 amide bonds. The van der Waals surface area contributed by atoms with Crippen LogP contribution in [0.5, 0.6) is 17.2 Å². The number of fused-ring (bicyclic) bond motifs is 7. The van der Waals surface area contributed by atoms with Crippen LogP contribution in [0.4, 0.5) is 51.2 Å². The third kappa shape index (κ3) is 18.1. The van der Waals surface area contributed by atoms with Crippen molar-refractivity contribution < 1.29 is 33.4 Å². The van der Waals surface area contributed by atoms with Gasteiger partial charge in [0.1, 0.15) is 35.5 Å². The lowest BCUT2D eigenvalue weighted by Crippen LogP contribution is -2.19. The highest BCUT2D eigenvalue weighted by Crippen LogP contribution is 2.37. The number of carbonyl (C=O) groups is 4. The minimum atomic E-state index is -0.284. The zero-order valence-electron chi connectivity index (χ0n) is 59.3. The first kappa shape index (κ1) is 71.1. The van der Waals surface area contributed by atoms with Gasteiger partial charge in [0, 0.05) is 98.9 Å². The number of imidazole rings is 1. The fraction of sp³-hybridized carbons (Fsp3) is 0.165. The van der Waals surface area contributed by atoms with Crippen LogP contribution < -0.4 is 68.3 Å². The Labute approximate surface area is 614 Å². The maximum absolute atomic E-state index is 11.7. The number of anilines is 9. The van der Waals surface area contributed by atoms with Gasteiger partial charge in [-0.05, 0) is 202 Å². The third-order valence-corrected chi connectivity index (χ3v) is 18.5. The second-order valence-electron chi connectivity index (χ2n) is 26.5. The smallest absolute Gasteiger partial charge is 0.337 e. The molecule has 6 aliphatic heterocycles. The number of nitrogens with one attached hydrogen (secondary N) is 10. The van der Waals surface area contributed by atoms with Gasteiger partial charge in [0.2, 0.25) is 11.8 Å². The third-order valence-electron chi connectivity index (χ3n) is 18.5. The average molecular weight is 1410 g/mol. The Balaban J connectivity index is 0.000000118. The molecule has 536 valence electrons. The molecule has 0 atom stereocenters. The van der Waals surface area contributed by atoms with Gasteiger partial charge in [-0.2, -0.15) is 0 Å². The van der Waals surface area contributed by atoms with E-state index in [2.05, 4.69) is 143 Å². The van der Waals surface area contributed by atoms with Crippen LogP contribution in [0.1, 0.15) is 83.3 Å². The van der Waals surface area contributed by atoms with E-state index in [9.17, 15) is 24.0 Å². The number of nitrogen functional groups attached to an aromatic ring is 1. The molecule has 6 aliphatic rings. The SMILES string of the molecule is C=C1Cc2cc(CN3CCc4cc(N)ccc43)ccc2N1.C=C1Nc2ccc(CN3Cc4ccc(C(=O)OC)cc4C3)cc2N1.C=C1Nc2ccc(OCc3ccccc3)cc2N1.CC(=O)Nc1ccc(CCc2ccc3[nH]c(=O)[nH]c3c2)cc1.CNC(=O)c1ccc(Oc2ccc3c(c2)CC(=O)N3)cc1. The quantitative estimate of drug-likeness (QED) is 0.0336. The lowest BCUT2D eigenvalue weighted by atomic mass is 10.0. The molecule has 0 unspecified atom stereocenters. The van der Waals surface area contributed by atoms with Gasteiger partial charge in [-0.3, -0.25) is 19.3 Å². The van der Waals surface area contributed by atoms with E-state index in [0.29, 0.717) is 35.7 Å². The molecular weight excluding hydrogens is 1330 g/mol. The van der Waals surface area contributed by atoms with Gasteiger partial charge in [-0.1, -0.05) is 92.5 Å². The first-order chi connectivity index (χ1) is 51.4. The number of esters is 1. The average Bonchev–Trinajstić information content (AvgIpc) is 1.66. The maximum atomic E-state index is 11.7. The van der Waals surface area contributed by atoms with E-state index in [1.165, 1.54) is 69.9 Å². The fourth-order valence-electron chi connectivity index (χ4n) is 13.3. The molecule has 0 fully saturated rings. The summed E-state index contributed by atoms with van der Waals surface area (Å²) in [5.41, 5.74) is 31.1. The lowest BCUT2D eigenvalue weighted by Gasteiger charge is -2.20. The number of carbonyl (C=O) groups excluding carboxylic acids is 4. The van der Waals surface area contributed by atoms with E-state index in [1.54, 1.807) is 37.4 Å². The molecule has 7 heterocycles. The van der Waals surface area contributed by atoms with Crippen molar-refractivity contribution in [1.82, 2.24) is 20.2 Å². The van der Waals surface area contributed by atoms with Crippen molar-refractivity contribution in [2.24, 2.45) is 0 Å². The second kappa shape index (κ2) is 32.4. The largest absolute Gasteiger partial charge is 0.489 e. The monoisotopic (exact) mass is 1410 g/mol. The molecule has 0 aliphatic carbocycles. The summed E-state index contributed by atoms with van der Waals surface area (Å²) in [6.07, 6.45) is 4.20. The van der Waals surface area contributed by atoms with Crippen molar-refractivity contribution in [2.45, 2.75) is 71.8 Å². The van der Waals surface area contributed by atoms with Crippen LogP contribution >= 0.6 is 0 Å². The number of aromatic nitrogens is 2. The molecule has 0 saturated heterocycles. The van der Waals surface area contributed by atoms with Crippen LogP contribution in [0.2, 0.25) is 0 Å². The molecule has 0 bridgehead atoms.